The maximum absolute atomic E-state index is 13.7. The zero-order valence-electron chi connectivity index (χ0n) is 15.2. The summed E-state index contributed by atoms with van der Waals surface area (Å²) in [5.41, 5.74) is 1.55. The van der Waals surface area contributed by atoms with Crippen LogP contribution in [0.3, 0.4) is 0 Å². The molecule has 8 heteroatoms. The summed E-state index contributed by atoms with van der Waals surface area (Å²) in [6, 6.07) is 8.46. The van der Waals surface area contributed by atoms with Crippen molar-refractivity contribution in [2.75, 3.05) is 19.5 Å². The third kappa shape index (κ3) is 3.06. The van der Waals surface area contributed by atoms with Crippen molar-refractivity contribution in [3.05, 3.63) is 65.6 Å². The molecule has 0 radical (unpaired) electrons. The number of hydrogen-bond donors (Lipinski definition) is 1. The van der Waals surface area contributed by atoms with Crippen molar-refractivity contribution >= 4 is 11.7 Å². The van der Waals surface area contributed by atoms with E-state index in [1.807, 2.05) is 0 Å². The molecule has 0 saturated heterocycles. The molecule has 6 nitrogen and oxygen atoms in total. The normalized spacial score (nSPS) is 15.7. The van der Waals surface area contributed by atoms with Gasteiger partial charge in [0.25, 0.3) is 0 Å². The van der Waals surface area contributed by atoms with Gasteiger partial charge >= 0.3 is 0 Å². The lowest BCUT2D eigenvalue weighted by molar-refractivity contribution is -0.116. The Morgan fingerprint density at radius 2 is 1.86 bits per heavy atom. The monoisotopic (exact) mass is 385 g/mol. The highest BCUT2D eigenvalue weighted by molar-refractivity contribution is 5.94. The van der Waals surface area contributed by atoms with E-state index in [1.54, 1.807) is 32.4 Å². The molecule has 1 amide bonds. The summed E-state index contributed by atoms with van der Waals surface area (Å²) >= 11 is 0. The molecule has 1 aliphatic rings. The largest absolute Gasteiger partial charge is 0.497 e. The predicted molar refractivity (Wildman–Crippen MR) is 98.1 cm³/mol. The Hall–Kier alpha value is -3.42. The summed E-state index contributed by atoms with van der Waals surface area (Å²) in [6.07, 6.45) is 1.59. The zero-order chi connectivity index (χ0) is 19.8. The van der Waals surface area contributed by atoms with E-state index >= 15 is 0 Å². The molecule has 1 aromatic heterocycles. The highest BCUT2D eigenvalue weighted by Gasteiger charge is 2.33. The summed E-state index contributed by atoms with van der Waals surface area (Å²) in [7, 11) is 3.10. The summed E-state index contributed by atoms with van der Waals surface area (Å²) in [5.74, 6) is -0.477. The smallest absolute Gasteiger partial charge is 0.226 e. The molecule has 2 heterocycles. The second kappa shape index (κ2) is 6.95. The van der Waals surface area contributed by atoms with Gasteiger partial charge in [0.2, 0.25) is 5.91 Å². The van der Waals surface area contributed by atoms with E-state index in [1.165, 1.54) is 23.0 Å². The van der Waals surface area contributed by atoms with Crippen molar-refractivity contribution < 1.29 is 23.0 Å². The number of halogens is 2. The highest BCUT2D eigenvalue weighted by Crippen LogP contribution is 2.42. The van der Waals surface area contributed by atoms with Crippen LogP contribution in [0.4, 0.5) is 14.6 Å². The minimum Gasteiger partial charge on any atom is -0.497 e. The van der Waals surface area contributed by atoms with Crippen molar-refractivity contribution in [3.63, 3.8) is 0 Å². The van der Waals surface area contributed by atoms with Gasteiger partial charge in [0.1, 0.15) is 35.3 Å². The molecule has 3 aromatic rings. The Bertz CT molecular complexity index is 1040. The van der Waals surface area contributed by atoms with Gasteiger partial charge in [-0.25, -0.2) is 13.8 Å². The number of aromatic nitrogens is 2. The second-order valence-corrected chi connectivity index (χ2v) is 6.39. The molecular weight excluding hydrogens is 368 g/mol. The average Bonchev–Trinajstić information content (AvgIpc) is 3.09. The van der Waals surface area contributed by atoms with Crippen LogP contribution < -0.4 is 14.8 Å². The van der Waals surface area contributed by atoms with Crippen molar-refractivity contribution in [3.8, 4) is 17.2 Å². The van der Waals surface area contributed by atoms with Crippen molar-refractivity contribution in [2.45, 2.75) is 12.3 Å². The molecule has 0 unspecified atom stereocenters. The maximum atomic E-state index is 13.7. The molecule has 0 aliphatic carbocycles. The number of rotatable bonds is 4. The number of imidazole rings is 1. The maximum Gasteiger partial charge on any atom is 0.226 e. The van der Waals surface area contributed by atoms with Gasteiger partial charge in [0, 0.05) is 24.0 Å². The number of anilines is 1. The first-order chi connectivity index (χ1) is 13.5. The molecule has 1 atom stereocenters. The third-order valence-corrected chi connectivity index (χ3v) is 4.71. The van der Waals surface area contributed by atoms with Gasteiger partial charge in [0.05, 0.1) is 25.6 Å². The molecule has 28 heavy (non-hydrogen) atoms. The minimum atomic E-state index is -0.717. The van der Waals surface area contributed by atoms with Crippen LogP contribution in [-0.2, 0) is 4.79 Å². The number of amides is 1. The van der Waals surface area contributed by atoms with E-state index in [4.69, 9.17) is 9.47 Å². The highest BCUT2D eigenvalue weighted by atomic mass is 19.1. The van der Waals surface area contributed by atoms with Crippen molar-refractivity contribution in [1.29, 1.82) is 0 Å². The van der Waals surface area contributed by atoms with Gasteiger partial charge in [-0.2, -0.15) is 0 Å². The summed E-state index contributed by atoms with van der Waals surface area (Å²) in [5, 5.41) is 2.76. The first kappa shape index (κ1) is 18.0. The topological polar surface area (TPSA) is 65.4 Å². The van der Waals surface area contributed by atoms with E-state index < -0.39 is 17.6 Å². The first-order valence-corrected chi connectivity index (χ1v) is 8.55. The average molecular weight is 385 g/mol. The van der Waals surface area contributed by atoms with E-state index in [9.17, 15) is 13.6 Å². The van der Waals surface area contributed by atoms with Gasteiger partial charge in [-0.3, -0.25) is 9.36 Å². The molecule has 1 aliphatic heterocycles. The molecule has 2 aromatic carbocycles. The van der Waals surface area contributed by atoms with E-state index in [0.717, 1.165) is 11.6 Å². The number of nitrogens with zero attached hydrogens (tertiary/aromatic N) is 2. The van der Waals surface area contributed by atoms with Crippen LogP contribution in [0.25, 0.3) is 5.69 Å². The van der Waals surface area contributed by atoms with Crippen LogP contribution in [0.2, 0.25) is 0 Å². The van der Waals surface area contributed by atoms with Gasteiger partial charge in [0.15, 0.2) is 0 Å². The summed E-state index contributed by atoms with van der Waals surface area (Å²) in [4.78, 5) is 16.8. The van der Waals surface area contributed by atoms with Crippen LogP contribution in [-0.4, -0.2) is 29.7 Å². The SMILES string of the molecule is COc1ccc(OC)c([C@@H]2CC(=O)Nc3c2ncn3-c2cc(F)cc(F)c2)c1. The number of methoxy groups -OCH3 is 2. The zero-order valence-corrected chi connectivity index (χ0v) is 15.2. The fourth-order valence-electron chi connectivity index (χ4n) is 3.45. The molecular formula is C20H17F2N3O3. The fourth-order valence-corrected chi connectivity index (χ4v) is 3.45. The number of benzene rings is 2. The first-order valence-electron chi connectivity index (χ1n) is 8.55. The molecule has 0 fully saturated rings. The lowest BCUT2D eigenvalue weighted by Crippen LogP contribution is -2.25. The lowest BCUT2D eigenvalue weighted by Gasteiger charge is -2.25. The Morgan fingerprint density at radius 1 is 1.11 bits per heavy atom. The molecule has 0 saturated carbocycles. The molecule has 0 bridgehead atoms. The number of carbonyl (C=O) groups excluding carboxylic acids is 1. The van der Waals surface area contributed by atoms with Crippen LogP contribution in [0.1, 0.15) is 23.6 Å². The number of fused-ring (bicyclic) bond motifs is 1. The number of carbonyl (C=O) groups is 1. The third-order valence-electron chi connectivity index (χ3n) is 4.71. The van der Waals surface area contributed by atoms with Gasteiger partial charge in [-0.1, -0.05) is 0 Å². The minimum absolute atomic E-state index is 0.158. The van der Waals surface area contributed by atoms with Crippen molar-refractivity contribution in [2.24, 2.45) is 0 Å². The standard InChI is InChI=1S/C20H17F2N3O3/c1-27-14-3-4-17(28-2)15(8-14)16-9-18(26)24-20-19(16)23-10-25(20)13-6-11(21)5-12(22)7-13/h3-8,10,16H,9H2,1-2H3,(H,24,26)/t16-/m0/s1. The van der Waals surface area contributed by atoms with Crippen LogP contribution in [0.5, 0.6) is 11.5 Å². The van der Waals surface area contributed by atoms with Crippen LogP contribution in [0.15, 0.2) is 42.7 Å². The number of nitrogens with one attached hydrogen (secondary N) is 1. The Kier molecular flexibility index (Phi) is 4.46. The van der Waals surface area contributed by atoms with Gasteiger partial charge in [-0.05, 0) is 30.3 Å². The molecule has 1 N–H and O–H groups in total. The van der Waals surface area contributed by atoms with E-state index in [2.05, 4.69) is 10.3 Å². The predicted octanol–water partition coefficient (Wildman–Crippen LogP) is 3.64. The second-order valence-electron chi connectivity index (χ2n) is 6.39. The fraction of sp³-hybridized carbons (Fsp3) is 0.200. The van der Waals surface area contributed by atoms with E-state index in [0.29, 0.717) is 23.0 Å². The Balaban J connectivity index is 1.86. The molecule has 4 rings (SSSR count). The van der Waals surface area contributed by atoms with Crippen molar-refractivity contribution in [1.82, 2.24) is 9.55 Å². The summed E-state index contributed by atoms with van der Waals surface area (Å²) in [6.45, 7) is 0. The molecule has 144 valence electrons. The van der Waals surface area contributed by atoms with Crippen LogP contribution >= 0.6 is 0 Å². The van der Waals surface area contributed by atoms with Crippen LogP contribution in [0, 0.1) is 11.6 Å². The quantitative estimate of drug-likeness (QED) is 0.745. The van der Waals surface area contributed by atoms with E-state index in [-0.39, 0.29) is 18.0 Å². The number of ether oxygens (including phenoxy) is 2. The molecule has 0 spiro atoms. The van der Waals surface area contributed by atoms with Gasteiger partial charge in [-0.15, -0.1) is 0 Å². The lowest BCUT2D eigenvalue weighted by atomic mass is 9.89. The van der Waals surface area contributed by atoms with Gasteiger partial charge < -0.3 is 14.8 Å². The number of hydrogen-bond acceptors (Lipinski definition) is 4. The Labute approximate surface area is 159 Å². The summed E-state index contributed by atoms with van der Waals surface area (Å²) < 4.78 is 39.5. The Morgan fingerprint density at radius 3 is 2.54 bits per heavy atom.